The van der Waals surface area contributed by atoms with Crippen molar-refractivity contribution in [3.63, 3.8) is 0 Å². The van der Waals surface area contributed by atoms with Crippen molar-refractivity contribution in [1.29, 1.82) is 0 Å². The van der Waals surface area contributed by atoms with Gasteiger partial charge in [-0.25, -0.2) is 4.79 Å². The number of rotatable bonds is 5. The zero-order chi connectivity index (χ0) is 21.9. The molecule has 0 spiro atoms. The predicted molar refractivity (Wildman–Crippen MR) is 122 cm³/mol. The van der Waals surface area contributed by atoms with Gasteiger partial charge >= 0.3 is 5.97 Å². The molecule has 2 aromatic rings. The molecule has 7 heteroatoms. The average molecular weight is 429 g/mol. The number of carbonyl (C=O) groups excluding carboxylic acids is 1. The molecule has 0 unspecified atom stereocenters. The molecule has 0 fully saturated rings. The van der Waals surface area contributed by atoms with Crippen LogP contribution in [0.3, 0.4) is 0 Å². The molecule has 30 heavy (non-hydrogen) atoms. The van der Waals surface area contributed by atoms with E-state index in [-0.39, 0.29) is 17.6 Å². The van der Waals surface area contributed by atoms with Crippen molar-refractivity contribution in [2.75, 3.05) is 19.0 Å². The summed E-state index contributed by atoms with van der Waals surface area (Å²) in [5.41, 5.74) is 2.74. The van der Waals surface area contributed by atoms with E-state index in [0.717, 1.165) is 34.7 Å². The highest BCUT2D eigenvalue weighted by Gasteiger charge is 2.34. The molecule has 1 aliphatic rings. The zero-order valence-corrected chi connectivity index (χ0v) is 18.8. The van der Waals surface area contributed by atoms with Gasteiger partial charge in [-0.05, 0) is 69.7 Å². The van der Waals surface area contributed by atoms with E-state index >= 15 is 0 Å². The number of ether oxygens (including phenoxy) is 3. The molecule has 1 atom stereocenters. The molecule has 0 aliphatic carbocycles. The highest BCUT2D eigenvalue weighted by atomic mass is 32.1. The lowest BCUT2D eigenvalue weighted by molar-refractivity contribution is 0.0525. The van der Waals surface area contributed by atoms with Gasteiger partial charge in [0.05, 0.1) is 25.3 Å². The third-order valence-electron chi connectivity index (χ3n) is 5.06. The number of fused-ring (bicyclic) bond motifs is 1. The van der Waals surface area contributed by atoms with Crippen LogP contribution >= 0.6 is 12.2 Å². The number of benzene rings is 2. The largest absolute Gasteiger partial charge is 0.497 e. The number of nitrogens with one attached hydrogen (secondary N) is 2. The molecule has 0 radical (unpaired) electrons. The summed E-state index contributed by atoms with van der Waals surface area (Å²) in [5, 5.41) is 7.10. The SMILES string of the molecule is CCOC(=O)c1cccc(NC(=S)N[C@H]2CC(C)(C)Oc3cc(OC)ccc32)c1C. The number of carbonyl (C=O) groups is 1. The summed E-state index contributed by atoms with van der Waals surface area (Å²) in [6.45, 7) is 8.09. The fourth-order valence-electron chi connectivity index (χ4n) is 3.61. The Labute approximate surface area is 182 Å². The Hall–Kier alpha value is -2.80. The topological polar surface area (TPSA) is 68.8 Å². The first-order chi connectivity index (χ1) is 14.2. The van der Waals surface area contributed by atoms with E-state index in [4.69, 9.17) is 26.4 Å². The van der Waals surface area contributed by atoms with Crippen LogP contribution in [0.15, 0.2) is 36.4 Å². The Morgan fingerprint density at radius 1 is 1.30 bits per heavy atom. The molecule has 1 aliphatic heterocycles. The molecule has 0 amide bonds. The maximum absolute atomic E-state index is 12.2. The first-order valence-corrected chi connectivity index (χ1v) is 10.4. The van der Waals surface area contributed by atoms with Gasteiger partial charge in [0.25, 0.3) is 0 Å². The molecule has 0 bridgehead atoms. The van der Waals surface area contributed by atoms with Gasteiger partial charge in [-0.2, -0.15) is 0 Å². The minimum atomic E-state index is -0.355. The summed E-state index contributed by atoms with van der Waals surface area (Å²) in [6, 6.07) is 11.2. The van der Waals surface area contributed by atoms with E-state index in [1.807, 2.05) is 51.1 Å². The molecular formula is C23H28N2O4S. The van der Waals surface area contributed by atoms with E-state index in [9.17, 15) is 4.79 Å². The highest BCUT2D eigenvalue weighted by molar-refractivity contribution is 7.80. The normalized spacial score (nSPS) is 16.6. The Morgan fingerprint density at radius 3 is 2.77 bits per heavy atom. The molecular weight excluding hydrogens is 400 g/mol. The molecule has 0 aromatic heterocycles. The lowest BCUT2D eigenvalue weighted by atomic mass is 9.89. The zero-order valence-electron chi connectivity index (χ0n) is 18.0. The van der Waals surface area contributed by atoms with Crippen molar-refractivity contribution in [2.24, 2.45) is 0 Å². The Balaban J connectivity index is 1.79. The third kappa shape index (κ3) is 4.84. The lowest BCUT2D eigenvalue weighted by Gasteiger charge is -2.38. The molecule has 6 nitrogen and oxygen atoms in total. The third-order valence-corrected chi connectivity index (χ3v) is 5.28. The summed E-state index contributed by atoms with van der Waals surface area (Å²) in [4.78, 5) is 12.2. The van der Waals surface area contributed by atoms with Gasteiger partial charge in [-0.1, -0.05) is 6.07 Å². The number of esters is 1. The lowest BCUT2D eigenvalue weighted by Crippen LogP contribution is -2.42. The van der Waals surface area contributed by atoms with Crippen molar-refractivity contribution in [3.8, 4) is 11.5 Å². The van der Waals surface area contributed by atoms with Crippen molar-refractivity contribution in [3.05, 3.63) is 53.1 Å². The number of anilines is 1. The van der Waals surface area contributed by atoms with Crippen LogP contribution in [-0.4, -0.2) is 30.4 Å². The van der Waals surface area contributed by atoms with Crippen LogP contribution in [-0.2, 0) is 4.74 Å². The Morgan fingerprint density at radius 2 is 2.07 bits per heavy atom. The molecule has 0 saturated heterocycles. The van der Waals surface area contributed by atoms with E-state index in [0.29, 0.717) is 17.3 Å². The Bertz CT molecular complexity index is 958. The van der Waals surface area contributed by atoms with Crippen LogP contribution in [0.5, 0.6) is 11.5 Å². The van der Waals surface area contributed by atoms with Gasteiger partial charge in [0.2, 0.25) is 0 Å². The first kappa shape index (κ1) is 21.9. The molecule has 2 N–H and O–H groups in total. The summed E-state index contributed by atoms with van der Waals surface area (Å²) >= 11 is 5.59. The molecule has 0 saturated carbocycles. The number of methoxy groups -OCH3 is 1. The summed E-state index contributed by atoms with van der Waals surface area (Å²) < 4.78 is 16.6. The van der Waals surface area contributed by atoms with Crippen LogP contribution in [0.4, 0.5) is 5.69 Å². The summed E-state index contributed by atoms with van der Waals surface area (Å²) in [7, 11) is 1.64. The fourth-order valence-corrected chi connectivity index (χ4v) is 3.86. The fraction of sp³-hybridized carbons (Fsp3) is 0.391. The van der Waals surface area contributed by atoms with Gasteiger partial charge in [0.15, 0.2) is 5.11 Å². The molecule has 1 heterocycles. The van der Waals surface area contributed by atoms with Gasteiger partial charge < -0.3 is 24.8 Å². The average Bonchev–Trinajstić information content (AvgIpc) is 2.68. The van der Waals surface area contributed by atoms with Crippen molar-refractivity contribution >= 4 is 29.0 Å². The van der Waals surface area contributed by atoms with Gasteiger partial charge in [-0.3, -0.25) is 0 Å². The van der Waals surface area contributed by atoms with Crippen LogP contribution in [0, 0.1) is 6.92 Å². The quantitative estimate of drug-likeness (QED) is 0.525. The first-order valence-electron chi connectivity index (χ1n) is 9.95. The standard InChI is InChI=1S/C23H28N2O4S/c1-6-28-21(26)16-8-7-9-18(14(16)2)24-22(30)25-19-13-23(3,4)29-20-12-15(27-5)10-11-17(19)20/h7-12,19H,6,13H2,1-5H3,(H2,24,25,30)/t19-/m0/s1. The van der Waals surface area contributed by atoms with Crippen molar-refractivity contribution in [1.82, 2.24) is 5.32 Å². The van der Waals surface area contributed by atoms with Gasteiger partial charge in [0.1, 0.15) is 17.1 Å². The second-order valence-electron chi connectivity index (χ2n) is 7.82. The molecule has 3 rings (SSSR count). The monoisotopic (exact) mass is 428 g/mol. The second kappa shape index (κ2) is 8.92. The summed E-state index contributed by atoms with van der Waals surface area (Å²) in [5.74, 6) is 1.19. The number of thiocarbonyl (C=S) groups is 1. The van der Waals surface area contributed by atoms with Crippen LogP contribution in [0.2, 0.25) is 0 Å². The van der Waals surface area contributed by atoms with E-state index in [2.05, 4.69) is 10.6 Å². The van der Waals surface area contributed by atoms with E-state index in [1.165, 1.54) is 0 Å². The maximum atomic E-state index is 12.2. The van der Waals surface area contributed by atoms with Crippen LogP contribution < -0.4 is 20.1 Å². The Kier molecular flexibility index (Phi) is 6.51. The smallest absolute Gasteiger partial charge is 0.338 e. The van der Waals surface area contributed by atoms with Crippen molar-refractivity contribution in [2.45, 2.75) is 45.8 Å². The van der Waals surface area contributed by atoms with E-state index < -0.39 is 0 Å². The maximum Gasteiger partial charge on any atom is 0.338 e. The second-order valence-corrected chi connectivity index (χ2v) is 8.23. The van der Waals surface area contributed by atoms with Crippen molar-refractivity contribution < 1.29 is 19.0 Å². The molecule has 2 aromatic carbocycles. The minimum Gasteiger partial charge on any atom is -0.497 e. The van der Waals surface area contributed by atoms with Gasteiger partial charge in [-0.15, -0.1) is 0 Å². The van der Waals surface area contributed by atoms with E-state index in [1.54, 1.807) is 20.1 Å². The van der Waals surface area contributed by atoms with Crippen LogP contribution in [0.25, 0.3) is 0 Å². The predicted octanol–water partition coefficient (Wildman–Crippen LogP) is 4.77. The number of hydrogen-bond donors (Lipinski definition) is 2. The molecule has 160 valence electrons. The number of hydrogen-bond acceptors (Lipinski definition) is 5. The van der Waals surface area contributed by atoms with Crippen LogP contribution in [0.1, 0.15) is 54.7 Å². The minimum absolute atomic E-state index is 0.0248. The highest BCUT2D eigenvalue weighted by Crippen LogP contribution is 2.41. The summed E-state index contributed by atoms with van der Waals surface area (Å²) in [6.07, 6.45) is 0.746. The van der Waals surface area contributed by atoms with Gasteiger partial charge in [0, 0.05) is 23.7 Å².